The summed E-state index contributed by atoms with van der Waals surface area (Å²) in [6.45, 7) is 1.42. The molecular formula is C19H21FN6O. The molecule has 3 heterocycles. The van der Waals surface area contributed by atoms with Crippen molar-refractivity contribution in [2.45, 2.75) is 19.0 Å². The van der Waals surface area contributed by atoms with E-state index in [-0.39, 0.29) is 18.4 Å². The Hall–Kier alpha value is -2.87. The first-order chi connectivity index (χ1) is 13.1. The van der Waals surface area contributed by atoms with E-state index in [4.69, 9.17) is 0 Å². The Kier molecular flexibility index (Phi) is 4.81. The van der Waals surface area contributed by atoms with Gasteiger partial charge in [-0.3, -0.25) is 19.7 Å². The van der Waals surface area contributed by atoms with Crippen molar-refractivity contribution in [1.82, 2.24) is 24.6 Å². The number of amides is 1. The third-order valence-electron chi connectivity index (χ3n) is 4.76. The lowest BCUT2D eigenvalue weighted by molar-refractivity contribution is -0.117. The molecule has 7 nitrogen and oxygen atoms in total. The van der Waals surface area contributed by atoms with E-state index in [0.717, 1.165) is 22.0 Å². The van der Waals surface area contributed by atoms with E-state index in [1.165, 1.54) is 0 Å². The molecule has 0 radical (unpaired) electrons. The normalized spacial score (nSPS) is 15.9. The highest BCUT2D eigenvalue weighted by Crippen LogP contribution is 2.23. The highest BCUT2D eigenvalue weighted by Gasteiger charge is 2.20. The van der Waals surface area contributed by atoms with Crippen molar-refractivity contribution in [3.05, 3.63) is 36.8 Å². The summed E-state index contributed by atoms with van der Waals surface area (Å²) in [4.78, 5) is 22.9. The molecule has 0 unspecified atom stereocenters. The van der Waals surface area contributed by atoms with Crippen LogP contribution in [0.2, 0.25) is 0 Å². The highest BCUT2D eigenvalue weighted by molar-refractivity contribution is 5.92. The Bertz CT molecular complexity index is 964. The summed E-state index contributed by atoms with van der Waals surface area (Å²) >= 11 is 0. The van der Waals surface area contributed by atoms with E-state index in [1.54, 1.807) is 17.1 Å². The molecule has 1 aliphatic heterocycles. The first-order valence-electron chi connectivity index (χ1n) is 8.99. The van der Waals surface area contributed by atoms with Gasteiger partial charge in [-0.05, 0) is 24.5 Å². The molecule has 27 heavy (non-hydrogen) atoms. The molecule has 0 bridgehead atoms. The quantitative estimate of drug-likeness (QED) is 0.765. The zero-order chi connectivity index (χ0) is 18.8. The van der Waals surface area contributed by atoms with Gasteiger partial charge in [-0.25, -0.2) is 14.4 Å². The summed E-state index contributed by atoms with van der Waals surface area (Å²) in [5.41, 5.74) is 2.75. The molecule has 4 rings (SSSR count). The van der Waals surface area contributed by atoms with Gasteiger partial charge >= 0.3 is 0 Å². The molecule has 0 saturated carbocycles. The number of nitrogens with one attached hydrogen (secondary N) is 1. The van der Waals surface area contributed by atoms with Crippen molar-refractivity contribution in [3.63, 3.8) is 0 Å². The molecular weight excluding hydrogens is 347 g/mol. The zero-order valence-corrected chi connectivity index (χ0v) is 15.1. The molecule has 1 aromatic carbocycles. The van der Waals surface area contributed by atoms with Gasteiger partial charge in [0.05, 0.1) is 18.3 Å². The predicted octanol–water partition coefficient (Wildman–Crippen LogP) is 2.40. The smallest absolute Gasteiger partial charge is 0.240 e. The van der Waals surface area contributed by atoms with Gasteiger partial charge < -0.3 is 0 Å². The molecule has 0 aliphatic carbocycles. The van der Waals surface area contributed by atoms with Gasteiger partial charge in [-0.15, -0.1) is 0 Å². The van der Waals surface area contributed by atoms with E-state index in [0.29, 0.717) is 25.9 Å². The van der Waals surface area contributed by atoms with Crippen LogP contribution in [-0.4, -0.2) is 56.4 Å². The number of hydrogen-bond acceptors (Lipinski definition) is 5. The Balaban J connectivity index is 1.48. The molecule has 1 aliphatic rings. The van der Waals surface area contributed by atoms with Crippen LogP contribution in [0, 0.1) is 0 Å². The maximum Gasteiger partial charge on any atom is 0.240 e. The number of aromatic nitrogens is 4. The number of likely N-dealkylation sites (tertiary alicyclic amines) is 1. The number of halogens is 1. The molecule has 3 aromatic rings. The van der Waals surface area contributed by atoms with Gasteiger partial charge in [0.25, 0.3) is 0 Å². The van der Waals surface area contributed by atoms with E-state index >= 15 is 0 Å². The maximum atomic E-state index is 13.2. The molecule has 1 saturated heterocycles. The number of carbonyl (C=O) groups is 1. The monoisotopic (exact) mass is 368 g/mol. The van der Waals surface area contributed by atoms with Crippen molar-refractivity contribution in [1.29, 1.82) is 0 Å². The second kappa shape index (κ2) is 7.40. The Morgan fingerprint density at radius 1 is 1.26 bits per heavy atom. The molecule has 2 aromatic heterocycles. The van der Waals surface area contributed by atoms with Crippen LogP contribution in [0.3, 0.4) is 0 Å². The number of carbonyl (C=O) groups excluding carboxylic acids is 1. The van der Waals surface area contributed by atoms with Gasteiger partial charge in [-0.2, -0.15) is 5.10 Å². The molecule has 1 amide bonds. The number of fused-ring (bicyclic) bond motifs is 1. The van der Waals surface area contributed by atoms with Crippen LogP contribution in [0.25, 0.3) is 22.0 Å². The lowest BCUT2D eigenvalue weighted by atomic mass is 10.1. The second-order valence-corrected chi connectivity index (χ2v) is 6.87. The largest absolute Gasteiger partial charge is 0.294 e. The summed E-state index contributed by atoms with van der Waals surface area (Å²) < 4.78 is 14.9. The summed E-state index contributed by atoms with van der Waals surface area (Å²) in [6, 6.07) is 5.90. The van der Waals surface area contributed by atoms with Crippen LogP contribution in [-0.2, 0) is 11.8 Å². The highest BCUT2D eigenvalue weighted by atomic mass is 19.1. The summed E-state index contributed by atoms with van der Waals surface area (Å²) in [5.74, 6) is 0.0892. The Morgan fingerprint density at radius 2 is 2.07 bits per heavy atom. The minimum atomic E-state index is -0.748. The van der Waals surface area contributed by atoms with Crippen molar-refractivity contribution in [2.24, 2.45) is 7.05 Å². The number of nitrogens with zero attached hydrogens (tertiary/aromatic N) is 5. The van der Waals surface area contributed by atoms with E-state index in [1.807, 2.05) is 36.3 Å². The Morgan fingerprint density at radius 3 is 2.81 bits per heavy atom. The van der Waals surface area contributed by atoms with Crippen LogP contribution >= 0.6 is 0 Å². The fourth-order valence-electron chi connectivity index (χ4n) is 3.26. The fraction of sp³-hybridized carbons (Fsp3) is 0.368. The molecule has 1 N–H and O–H groups in total. The number of alkyl halides is 1. The van der Waals surface area contributed by atoms with Gasteiger partial charge in [0, 0.05) is 43.5 Å². The van der Waals surface area contributed by atoms with E-state index < -0.39 is 6.17 Å². The third-order valence-corrected chi connectivity index (χ3v) is 4.76. The number of piperidine rings is 1. The van der Waals surface area contributed by atoms with Crippen molar-refractivity contribution < 1.29 is 9.18 Å². The topological polar surface area (TPSA) is 75.9 Å². The summed E-state index contributed by atoms with van der Waals surface area (Å²) in [6.07, 6.45) is 5.65. The van der Waals surface area contributed by atoms with Crippen molar-refractivity contribution in [3.8, 4) is 11.1 Å². The van der Waals surface area contributed by atoms with E-state index in [9.17, 15) is 9.18 Å². The number of hydrogen-bond donors (Lipinski definition) is 1. The van der Waals surface area contributed by atoms with Gasteiger partial charge in [0.2, 0.25) is 11.9 Å². The number of anilines is 1. The maximum absolute atomic E-state index is 13.2. The summed E-state index contributed by atoms with van der Waals surface area (Å²) in [5, 5.41) is 7.83. The number of rotatable bonds is 4. The third kappa shape index (κ3) is 4.11. The molecule has 0 spiro atoms. The zero-order valence-electron chi connectivity index (χ0n) is 15.1. The number of benzene rings is 1. The SMILES string of the molecule is Cn1cc(-c2ccc3cnc(NC(=O)CN4CCC(F)CC4)nc3c2)cn1. The lowest BCUT2D eigenvalue weighted by Crippen LogP contribution is -2.39. The van der Waals surface area contributed by atoms with Crippen LogP contribution in [0.15, 0.2) is 36.8 Å². The number of aryl methyl sites for hydroxylation is 1. The van der Waals surface area contributed by atoms with Crippen LogP contribution in [0.1, 0.15) is 12.8 Å². The second-order valence-electron chi connectivity index (χ2n) is 6.87. The molecule has 1 fully saturated rings. The van der Waals surface area contributed by atoms with Crippen molar-refractivity contribution in [2.75, 3.05) is 25.0 Å². The van der Waals surface area contributed by atoms with Gasteiger partial charge in [-0.1, -0.05) is 12.1 Å². The standard InChI is InChI=1S/C19H21FN6O/c1-25-11-15(10-22-25)13-2-3-14-9-21-19(23-17(14)8-13)24-18(27)12-26-6-4-16(20)5-7-26/h2-3,8-11,16H,4-7,12H2,1H3,(H,21,23,24,27). The van der Waals surface area contributed by atoms with Crippen LogP contribution in [0.4, 0.5) is 10.3 Å². The van der Waals surface area contributed by atoms with E-state index in [2.05, 4.69) is 20.4 Å². The first kappa shape index (κ1) is 17.5. The summed E-state index contributed by atoms with van der Waals surface area (Å²) in [7, 11) is 1.87. The van der Waals surface area contributed by atoms with Crippen LogP contribution < -0.4 is 5.32 Å². The average Bonchev–Trinajstić information content (AvgIpc) is 3.09. The first-order valence-corrected chi connectivity index (χ1v) is 8.99. The molecule has 0 atom stereocenters. The average molecular weight is 368 g/mol. The fourth-order valence-corrected chi connectivity index (χ4v) is 3.26. The predicted molar refractivity (Wildman–Crippen MR) is 101 cm³/mol. The minimum Gasteiger partial charge on any atom is -0.294 e. The van der Waals surface area contributed by atoms with Crippen LogP contribution in [0.5, 0.6) is 0 Å². The Labute approximate surface area is 156 Å². The van der Waals surface area contributed by atoms with Gasteiger partial charge in [0.15, 0.2) is 0 Å². The lowest BCUT2D eigenvalue weighted by Gasteiger charge is -2.27. The van der Waals surface area contributed by atoms with Crippen molar-refractivity contribution >= 4 is 22.8 Å². The van der Waals surface area contributed by atoms with Gasteiger partial charge in [0.1, 0.15) is 6.17 Å². The molecule has 8 heteroatoms. The molecule has 140 valence electrons. The minimum absolute atomic E-state index is 0.185.